The van der Waals surface area contributed by atoms with Gasteiger partial charge in [-0.05, 0) is 46.9 Å². The zero-order chi connectivity index (χ0) is 25.6. The van der Waals surface area contributed by atoms with Crippen LogP contribution in [0.2, 0.25) is 0 Å². The minimum atomic E-state index is -1.11. The van der Waals surface area contributed by atoms with Gasteiger partial charge < -0.3 is 20.5 Å². The van der Waals surface area contributed by atoms with Gasteiger partial charge in [0.15, 0.2) is 0 Å². The lowest BCUT2D eigenvalue weighted by molar-refractivity contribution is -0.143. The van der Waals surface area contributed by atoms with Crippen LogP contribution in [0.4, 0.5) is 4.79 Å². The van der Waals surface area contributed by atoms with Crippen molar-refractivity contribution in [3.63, 3.8) is 0 Å². The number of ether oxygens (including phenoxy) is 1. The number of carboxylic acid groups (broad SMARTS) is 1. The molecule has 2 amide bonds. The predicted octanol–water partition coefficient (Wildman–Crippen LogP) is 4.87. The first-order valence-corrected chi connectivity index (χ1v) is 11.9. The third-order valence-corrected chi connectivity index (χ3v) is 6.04. The van der Waals surface area contributed by atoms with Crippen LogP contribution in [-0.4, -0.2) is 41.8 Å². The molecule has 35 heavy (non-hydrogen) atoms. The number of nitrogens with one attached hydrogen (secondary N) is 2. The molecule has 2 aromatic rings. The van der Waals surface area contributed by atoms with Gasteiger partial charge in [-0.25, -0.2) is 9.59 Å². The van der Waals surface area contributed by atoms with Crippen LogP contribution >= 0.6 is 0 Å². The number of carbonyl (C=O) groups excluding carboxylic acids is 2. The van der Waals surface area contributed by atoms with Crippen molar-refractivity contribution in [3.8, 4) is 11.1 Å². The van der Waals surface area contributed by atoms with E-state index in [1.807, 2.05) is 57.2 Å². The third-order valence-electron chi connectivity index (χ3n) is 6.04. The molecule has 2 unspecified atom stereocenters. The van der Waals surface area contributed by atoms with E-state index in [0.29, 0.717) is 6.42 Å². The summed E-state index contributed by atoms with van der Waals surface area (Å²) in [7, 11) is 0. The second kappa shape index (κ2) is 11.2. The quantitative estimate of drug-likeness (QED) is 0.423. The van der Waals surface area contributed by atoms with Crippen LogP contribution in [0.15, 0.2) is 61.2 Å². The van der Waals surface area contributed by atoms with Crippen molar-refractivity contribution in [2.75, 3.05) is 6.61 Å². The molecule has 0 aliphatic heterocycles. The summed E-state index contributed by atoms with van der Waals surface area (Å²) in [6.45, 7) is 9.50. The number of benzene rings is 2. The molecular formula is C28H34N2O5. The van der Waals surface area contributed by atoms with Gasteiger partial charge in [-0.2, -0.15) is 0 Å². The van der Waals surface area contributed by atoms with Crippen LogP contribution in [-0.2, 0) is 14.3 Å². The van der Waals surface area contributed by atoms with Crippen molar-refractivity contribution in [3.05, 3.63) is 72.3 Å². The molecule has 0 radical (unpaired) electrons. The van der Waals surface area contributed by atoms with Crippen molar-refractivity contribution in [1.29, 1.82) is 0 Å². The molecule has 0 aromatic heterocycles. The van der Waals surface area contributed by atoms with Gasteiger partial charge in [0.25, 0.3) is 0 Å². The summed E-state index contributed by atoms with van der Waals surface area (Å²) in [5, 5.41) is 14.7. The molecule has 0 heterocycles. The maximum Gasteiger partial charge on any atom is 0.407 e. The maximum atomic E-state index is 12.9. The number of allylic oxidation sites excluding steroid dienone is 1. The van der Waals surface area contributed by atoms with E-state index in [4.69, 9.17) is 4.74 Å². The van der Waals surface area contributed by atoms with E-state index in [9.17, 15) is 19.5 Å². The molecule has 1 aliphatic carbocycles. The number of aliphatic carboxylic acids is 1. The Bertz CT molecular complexity index is 1040. The molecule has 7 heteroatoms. The molecule has 0 spiro atoms. The normalized spacial score (nSPS) is 14.3. The summed E-state index contributed by atoms with van der Waals surface area (Å²) in [5.41, 5.74) is 4.13. The van der Waals surface area contributed by atoms with Crippen LogP contribution in [0.25, 0.3) is 11.1 Å². The van der Waals surface area contributed by atoms with Gasteiger partial charge in [0.2, 0.25) is 5.91 Å². The van der Waals surface area contributed by atoms with Gasteiger partial charge in [0.1, 0.15) is 18.7 Å². The largest absolute Gasteiger partial charge is 0.480 e. The molecule has 7 nitrogen and oxygen atoms in total. The summed E-state index contributed by atoms with van der Waals surface area (Å²) >= 11 is 0. The molecule has 2 aromatic carbocycles. The van der Waals surface area contributed by atoms with Crippen LogP contribution in [0.5, 0.6) is 0 Å². The van der Waals surface area contributed by atoms with Crippen LogP contribution in [0.1, 0.15) is 57.1 Å². The van der Waals surface area contributed by atoms with E-state index in [2.05, 4.69) is 29.3 Å². The Hall–Kier alpha value is -3.61. The minimum Gasteiger partial charge on any atom is -0.480 e. The van der Waals surface area contributed by atoms with Crippen molar-refractivity contribution in [2.45, 2.75) is 58.0 Å². The fourth-order valence-electron chi connectivity index (χ4n) is 4.42. The fraction of sp³-hybridized carbons (Fsp3) is 0.393. The highest BCUT2D eigenvalue weighted by atomic mass is 16.5. The summed E-state index contributed by atoms with van der Waals surface area (Å²) in [6.07, 6.45) is 1.93. The fourth-order valence-corrected chi connectivity index (χ4v) is 4.42. The monoisotopic (exact) mass is 478 g/mol. The molecule has 2 atom stereocenters. The zero-order valence-electron chi connectivity index (χ0n) is 20.5. The van der Waals surface area contributed by atoms with Crippen LogP contribution in [0, 0.1) is 5.41 Å². The van der Waals surface area contributed by atoms with E-state index in [-0.39, 0.29) is 30.8 Å². The number of rotatable bonds is 10. The van der Waals surface area contributed by atoms with Crippen LogP contribution < -0.4 is 10.6 Å². The molecule has 186 valence electrons. The van der Waals surface area contributed by atoms with Crippen molar-refractivity contribution in [2.24, 2.45) is 5.41 Å². The van der Waals surface area contributed by atoms with E-state index < -0.39 is 30.1 Å². The summed E-state index contributed by atoms with van der Waals surface area (Å²) < 4.78 is 5.56. The zero-order valence-corrected chi connectivity index (χ0v) is 20.5. The Kier molecular flexibility index (Phi) is 8.33. The number of alkyl carbamates (subject to hydrolysis) is 1. The summed E-state index contributed by atoms with van der Waals surface area (Å²) in [5.74, 6) is -1.77. The number of amides is 2. The van der Waals surface area contributed by atoms with Gasteiger partial charge >= 0.3 is 12.1 Å². The number of hydrogen-bond acceptors (Lipinski definition) is 4. The lowest BCUT2D eigenvalue weighted by Gasteiger charge is -2.26. The Morgan fingerprint density at radius 3 is 2.09 bits per heavy atom. The van der Waals surface area contributed by atoms with Crippen molar-refractivity contribution < 1.29 is 24.2 Å². The topological polar surface area (TPSA) is 105 Å². The van der Waals surface area contributed by atoms with Gasteiger partial charge in [-0.15, -0.1) is 6.58 Å². The molecule has 3 N–H and O–H groups in total. The van der Waals surface area contributed by atoms with E-state index in [1.165, 1.54) is 0 Å². The molecule has 0 saturated carbocycles. The first kappa shape index (κ1) is 26.0. The molecule has 1 aliphatic rings. The molecule has 0 bridgehead atoms. The predicted molar refractivity (Wildman–Crippen MR) is 135 cm³/mol. The first-order valence-electron chi connectivity index (χ1n) is 11.9. The van der Waals surface area contributed by atoms with E-state index in [1.54, 1.807) is 6.08 Å². The lowest BCUT2D eigenvalue weighted by Crippen LogP contribution is -2.52. The third kappa shape index (κ3) is 6.72. The Morgan fingerprint density at radius 1 is 1.00 bits per heavy atom. The average molecular weight is 479 g/mol. The maximum absolute atomic E-state index is 12.9. The number of fused-ring (bicyclic) bond motifs is 3. The number of hydrogen-bond donors (Lipinski definition) is 3. The molecule has 0 fully saturated rings. The molecule has 3 rings (SSSR count). The van der Waals surface area contributed by atoms with Gasteiger partial charge in [-0.1, -0.05) is 75.4 Å². The highest BCUT2D eigenvalue weighted by Crippen LogP contribution is 2.44. The smallest absolute Gasteiger partial charge is 0.407 e. The van der Waals surface area contributed by atoms with Crippen LogP contribution in [0.3, 0.4) is 0 Å². The van der Waals surface area contributed by atoms with Gasteiger partial charge in [0, 0.05) is 5.92 Å². The second-order valence-electron chi connectivity index (χ2n) is 10.1. The standard InChI is InChI=1S/C28H34N2O5/c1-5-6-15-23(25(31)29-24(26(32)33)16-28(2,3)4)30-27(34)35-17-22-20-13-9-7-11-18(20)19-12-8-10-14-21(19)22/h5,7-14,22-24H,1,6,15-17H2,2-4H3,(H,29,31)(H,30,34)(H,32,33). The van der Waals surface area contributed by atoms with Crippen molar-refractivity contribution >= 4 is 18.0 Å². The lowest BCUT2D eigenvalue weighted by atomic mass is 9.88. The average Bonchev–Trinajstić information content (AvgIpc) is 3.12. The van der Waals surface area contributed by atoms with Crippen molar-refractivity contribution in [1.82, 2.24) is 10.6 Å². The van der Waals surface area contributed by atoms with E-state index in [0.717, 1.165) is 22.3 Å². The second-order valence-corrected chi connectivity index (χ2v) is 10.1. The van der Waals surface area contributed by atoms with E-state index >= 15 is 0 Å². The minimum absolute atomic E-state index is 0.100. The number of carbonyl (C=O) groups is 3. The Morgan fingerprint density at radius 2 is 1.57 bits per heavy atom. The number of carboxylic acids is 1. The Balaban J connectivity index is 1.66. The molecular weight excluding hydrogens is 444 g/mol. The highest BCUT2D eigenvalue weighted by Gasteiger charge is 2.31. The Labute approximate surface area is 206 Å². The highest BCUT2D eigenvalue weighted by molar-refractivity contribution is 5.89. The summed E-state index contributed by atoms with van der Waals surface area (Å²) in [4.78, 5) is 37.3. The molecule has 0 saturated heterocycles. The van der Waals surface area contributed by atoms with Gasteiger partial charge in [0.05, 0.1) is 0 Å². The SMILES string of the molecule is C=CCCC(NC(=O)OCC1c2ccccc2-c2ccccc21)C(=O)NC(CC(C)(C)C)C(=O)O. The first-order chi connectivity index (χ1) is 16.6. The van der Waals surface area contributed by atoms with Gasteiger partial charge in [-0.3, -0.25) is 4.79 Å². The summed E-state index contributed by atoms with van der Waals surface area (Å²) in [6, 6.07) is 14.1.